The molecular formula is C25H26N2O2S. The van der Waals surface area contributed by atoms with Gasteiger partial charge in [0, 0.05) is 11.3 Å². The van der Waals surface area contributed by atoms with Gasteiger partial charge in [-0.05, 0) is 72.1 Å². The van der Waals surface area contributed by atoms with Crippen LogP contribution in [0, 0.1) is 0 Å². The normalized spacial score (nSPS) is 11.4. The highest BCUT2D eigenvalue weighted by molar-refractivity contribution is 7.80. The molecule has 0 spiro atoms. The summed E-state index contributed by atoms with van der Waals surface area (Å²) in [5.74, 6) is 0.959. The molecule has 30 heavy (non-hydrogen) atoms. The highest BCUT2D eigenvalue weighted by atomic mass is 32.1. The van der Waals surface area contributed by atoms with Gasteiger partial charge in [0.05, 0.1) is 0 Å². The van der Waals surface area contributed by atoms with Crippen LogP contribution in [0.5, 0.6) is 5.75 Å². The molecule has 0 aliphatic heterocycles. The van der Waals surface area contributed by atoms with Crippen molar-refractivity contribution in [1.82, 2.24) is 5.32 Å². The zero-order valence-electron chi connectivity index (χ0n) is 17.2. The molecule has 154 valence electrons. The summed E-state index contributed by atoms with van der Waals surface area (Å²) in [7, 11) is 0. The van der Waals surface area contributed by atoms with E-state index in [-0.39, 0.29) is 11.0 Å². The lowest BCUT2D eigenvalue weighted by atomic mass is 9.99. The van der Waals surface area contributed by atoms with Gasteiger partial charge in [0.15, 0.2) is 5.11 Å². The number of hydrogen-bond acceptors (Lipinski definition) is 3. The van der Waals surface area contributed by atoms with E-state index in [0.29, 0.717) is 23.8 Å². The maximum absolute atomic E-state index is 12.4. The Morgan fingerprint density at radius 3 is 2.27 bits per heavy atom. The SMILES string of the molecule is CC[C@H](C)c1ccc(NC(=S)NC(=O)c2ccc(OCc3ccccc3)cc2)cc1. The summed E-state index contributed by atoms with van der Waals surface area (Å²) >= 11 is 5.27. The van der Waals surface area contributed by atoms with Crippen molar-refractivity contribution in [3.05, 3.63) is 95.6 Å². The number of carbonyl (C=O) groups excluding carboxylic acids is 1. The first-order valence-corrected chi connectivity index (χ1v) is 10.4. The molecule has 1 amide bonds. The van der Waals surface area contributed by atoms with Crippen molar-refractivity contribution in [3.8, 4) is 5.75 Å². The summed E-state index contributed by atoms with van der Waals surface area (Å²) < 4.78 is 5.75. The molecule has 0 saturated carbocycles. The zero-order valence-corrected chi connectivity index (χ0v) is 18.0. The van der Waals surface area contributed by atoms with Crippen LogP contribution in [0.2, 0.25) is 0 Å². The van der Waals surface area contributed by atoms with Crippen LogP contribution in [0.1, 0.15) is 47.7 Å². The van der Waals surface area contributed by atoms with E-state index >= 15 is 0 Å². The van der Waals surface area contributed by atoms with Gasteiger partial charge in [-0.2, -0.15) is 0 Å². The maximum atomic E-state index is 12.4. The molecule has 4 nitrogen and oxygen atoms in total. The fourth-order valence-corrected chi connectivity index (χ4v) is 3.12. The number of nitrogens with one attached hydrogen (secondary N) is 2. The average molecular weight is 419 g/mol. The fourth-order valence-electron chi connectivity index (χ4n) is 2.91. The molecule has 3 rings (SSSR count). The fraction of sp³-hybridized carbons (Fsp3) is 0.200. The van der Waals surface area contributed by atoms with Crippen LogP contribution >= 0.6 is 12.2 Å². The number of benzene rings is 3. The summed E-state index contributed by atoms with van der Waals surface area (Å²) in [6, 6.07) is 25.0. The highest BCUT2D eigenvalue weighted by Crippen LogP contribution is 2.20. The summed E-state index contributed by atoms with van der Waals surface area (Å²) in [6.45, 7) is 4.85. The molecule has 0 radical (unpaired) electrons. The van der Waals surface area contributed by atoms with Crippen LogP contribution in [-0.2, 0) is 6.61 Å². The van der Waals surface area contributed by atoms with Crippen molar-refractivity contribution in [3.63, 3.8) is 0 Å². The Hall–Kier alpha value is -3.18. The lowest BCUT2D eigenvalue weighted by Gasteiger charge is -2.12. The first-order valence-electron chi connectivity index (χ1n) is 10.0. The van der Waals surface area contributed by atoms with Crippen molar-refractivity contribution < 1.29 is 9.53 Å². The maximum Gasteiger partial charge on any atom is 0.257 e. The Labute approximate surface area is 183 Å². The van der Waals surface area contributed by atoms with Crippen LogP contribution in [-0.4, -0.2) is 11.0 Å². The van der Waals surface area contributed by atoms with Gasteiger partial charge in [0.25, 0.3) is 5.91 Å². The van der Waals surface area contributed by atoms with E-state index in [0.717, 1.165) is 17.7 Å². The number of ether oxygens (including phenoxy) is 1. The Morgan fingerprint density at radius 1 is 0.967 bits per heavy atom. The van der Waals surface area contributed by atoms with Crippen molar-refractivity contribution in [2.75, 3.05) is 5.32 Å². The molecule has 5 heteroatoms. The molecule has 3 aromatic carbocycles. The van der Waals surface area contributed by atoms with Crippen molar-refractivity contribution in [2.24, 2.45) is 0 Å². The lowest BCUT2D eigenvalue weighted by molar-refractivity contribution is 0.0977. The summed E-state index contributed by atoms with van der Waals surface area (Å²) in [4.78, 5) is 12.4. The quantitative estimate of drug-likeness (QED) is 0.469. The molecule has 2 N–H and O–H groups in total. The van der Waals surface area contributed by atoms with Gasteiger partial charge in [-0.25, -0.2) is 0 Å². The van der Waals surface area contributed by atoms with Crippen LogP contribution in [0.25, 0.3) is 0 Å². The average Bonchev–Trinajstić information content (AvgIpc) is 2.78. The number of rotatable bonds is 7. The van der Waals surface area contributed by atoms with E-state index in [9.17, 15) is 4.79 Å². The van der Waals surface area contributed by atoms with Crippen LogP contribution in [0.4, 0.5) is 5.69 Å². The van der Waals surface area contributed by atoms with E-state index in [1.165, 1.54) is 5.56 Å². The second-order valence-corrected chi connectivity index (χ2v) is 7.55. The largest absolute Gasteiger partial charge is 0.489 e. The van der Waals surface area contributed by atoms with Crippen molar-refractivity contribution in [2.45, 2.75) is 32.8 Å². The minimum Gasteiger partial charge on any atom is -0.489 e. The minimum atomic E-state index is -0.265. The Bertz CT molecular complexity index is 970. The van der Waals surface area contributed by atoms with Crippen molar-refractivity contribution in [1.29, 1.82) is 0 Å². The first-order chi connectivity index (χ1) is 14.5. The molecule has 0 unspecified atom stereocenters. The predicted octanol–water partition coefficient (Wildman–Crippen LogP) is 5.91. The minimum absolute atomic E-state index is 0.265. The Balaban J connectivity index is 1.50. The molecule has 0 bridgehead atoms. The molecular weight excluding hydrogens is 392 g/mol. The van der Waals surface area contributed by atoms with E-state index in [1.54, 1.807) is 24.3 Å². The van der Waals surface area contributed by atoms with Crippen LogP contribution in [0.3, 0.4) is 0 Å². The third-order valence-electron chi connectivity index (χ3n) is 4.94. The molecule has 0 aliphatic rings. The molecule has 0 fully saturated rings. The number of amides is 1. The Kier molecular flexibility index (Phi) is 7.57. The van der Waals surface area contributed by atoms with E-state index < -0.39 is 0 Å². The van der Waals surface area contributed by atoms with E-state index in [4.69, 9.17) is 17.0 Å². The van der Waals surface area contributed by atoms with Crippen LogP contribution in [0.15, 0.2) is 78.9 Å². The second-order valence-electron chi connectivity index (χ2n) is 7.14. The molecule has 3 aromatic rings. The standard InChI is InChI=1S/C25H26N2O2S/c1-3-18(2)20-9-13-22(14-10-20)26-25(30)27-24(28)21-11-15-23(16-12-21)29-17-19-7-5-4-6-8-19/h4-16,18H,3,17H2,1-2H3,(H2,26,27,28,30)/t18-/m0/s1. The molecule has 1 atom stereocenters. The highest BCUT2D eigenvalue weighted by Gasteiger charge is 2.09. The molecule has 0 heterocycles. The number of hydrogen-bond donors (Lipinski definition) is 2. The summed E-state index contributed by atoms with van der Waals surface area (Å²) in [5.41, 5.74) is 3.73. The monoisotopic (exact) mass is 418 g/mol. The van der Waals surface area contributed by atoms with E-state index in [1.807, 2.05) is 42.5 Å². The number of anilines is 1. The van der Waals surface area contributed by atoms with Gasteiger partial charge < -0.3 is 10.1 Å². The topological polar surface area (TPSA) is 50.4 Å². The summed E-state index contributed by atoms with van der Waals surface area (Å²) in [5, 5.41) is 6.03. The first kappa shape index (κ1) is 21.5. The van der Waals surface area contributed by atoms with E-state index in [2.05, 4.69) is 36.6 Å². The Morgan fingerprint density at radius 2 is 1.63 bits per heavy atom. The van der Waals surface area contributed by atoms with Gasteiger partial charge >= 0.3 is 0 Å². The van der Waals surface area contributed by atoms with Gasteiger partial charge in [-0.1, -0.05) is 56.3 Å². The lowest BCUT2D eigenvalue weighted by Crippen LogP contribution is -2.34. The predicted molar refractivity (Wildman–Crippen MR) is 126 cm³/mol. The van der Waals surface area contributed by atoms with Crippen molar-refractivity contribution >= 4 is 28.9 Å². The van der Waals surface area contributed by atoms with Crippen LogP contribution < -0.4 is 15.4 Å². The van der Waals surface area contributed by atoms with Gasteiger partial charge in [0.2, 0.25) is 0 Å². The van der Waals surface area contributed by atoms with Gasteiger partial charge in [-0.15, -0.1) is 0 Å². The smallest absolute Gasteiger partial charge is 0.257 e. The van der Waals surface area contributed by atoms with Gasteiger partial charge in [-0.3, -0.25) is 10.1 Å². The number of thiocarbonyl (C=S) groups is 1. The molecule has 0 aromatic heterocycles. The number of carbonyl (C=O) groups is 1. The second kappa shape index (κ2) is 10.6. The molecule has 0 aliphatic carbocycles. The zero-order chi connectivity index (χ0) is 21.3. The van der Waals surface area contributed by atoms with Gasteiger partial charge in [0.1, 0.15) is 12.4 Å². The summed E-state index contributed by atoms with van der Waals surface area (Å²) in [6.07, 6.45) is 1.09. The molecule has 0 saturated heterocycles. The third kappa shape index (κ3) is 6.16. The third-order valence-corrected chi connectivity index (χ3v) is 5.15.